The van der Waals surface area contributed by atoms with Gasteiger partial charge < -0.3 is 19.9 Å². The van der Waals surface area contributed by atoms with Gasteiger partial charge in [0, 0.05) is 34.3 Å². The van der Waals surface area contributed by atoms with E-state index in [2.05, 4.69) is 65.6 Å². The van der Waals surface area contributed by atoms with Crippen LogP contribution in [0.2, 0.25) is 0 Å². The van der Waals surface area contributed by atoms with Crippen molar-refractivity contribution in [2.24, 2.45) is 0 Å². The second-order valence-corrected chi connectivity index (χ2v) is 7.34. The number of rotatable bonds is 6. The molecule has 140 valence electrons. The van der Waals surface area contributed by atoms with Gasteiger partial charge >= 0.3 is 0 Å². The van der Waals surface area contributed by atoms with Gasteiger partial charge in [-0.15, -0.1) is 0 Å². The maximum atomic E-state index is 5.48. The minimum absolute atomic E-state index is 0.874. The molecule has 0 spiro atoms. The zero-order valence-electron chi connectivity index (χ0n) is 16.4. The van der Waals surface area contributed by atoms with Crippen molar-refractivity contribution in [1.29, 1.82) is 0 Å². The van der Waals surface area contributed by atoms with Crippen molar-refractivity contribution in [2.75, 3.05) is 39.6 Å². The molecule has 5 nitrogen and oxygen atoms in total. The van der Waals surface area contributed by atoms with Gasteiger partial charge in [0.2, 0.25) is 0 Å². The van der Waals surface area contributed by atoms with Crippen LogP contribution in [0.25, 0.3) is 32.6 Å². The highest BCUT2D eigenvalue weighted by atomic mass is 16.5. The Morgan fingerprint density at radius 2 is 2.00 bits per heavy atom. The van der Waals surface area contributed by atoms with E-state index in [9.17, 15) is 0 Å². The van der Waals surface area contributed by atoms with Crippen LogP contribution in [-0.4, -0.2) is 44.2 Å². The summed E-state index contributed by atoms with van der Waals surface area (Å²) in [6, 6.07) is 8.38. The lowest BCUT2D eigenvalue weighted by atomic mass is 9.99. The number of aromatic nitrogens is 2. The van der Waals surface area contributed by atoms with Gasteiger partial charge in [0.15, 0.2) is 12.4 Å². The zero-order chi connectivity index (χ0) is 19.0. The van der Waals surface area contributed by atoms with Gasteiger partial charge in [-0.25, -0.2) is 4.98 Å². The molecule has 0 atom stereocenters. The number of fused-ring (bicyclic) bond motifs is 4. The van der Waals surface area contributed by atoms with Crippen molar-refractivity contribution in [1.82, 2.24) is 9.88 Å². The fourth-order valence-corrected chi connectivity index (χ4v) is 3.86. The summed E-state index contributed by atoms with van der Waals surface area (Å²) in [4.78, 5) is 9.10. The predicted molar refractivity (Wildman–Crippen MR) is 113 cm³/mol. The fraction of sp³-hybridized carbons (Fsp3) is 0.318. The van der Waals surface area contributed by atoms with E-state index in [-0.39, 0.29) is 0 Å². The average Bonchev–Trinajstić information content (AvgIpc) is 3.06. The topological polar surface area (TPSA) is 54.4 Å². The van der Waals surface area contributed by atoms with Gasteiger partial charge in [-0.3, -0.25) is 0 Å². The molecule has 0 fully saturated rings. The Hall–Kier alpha value is -2.79. The van der Waals surface area contributed by atoms with Crippen molar-refractivity contribution in [3.05, 3.63) is 42.2 Å². The molecule has 0 unspecified atom stereocenters. The first-order valence-corrected chi connectivity index (χ1v) is 9.40. The number of hydrogen-bond donors (Lipinski definition) is 2. The second kappa shape index (κ2) is 7.08. The van der Waals surface area contributed by atoms with Gasteiger partial charge in [-0.2, -0.15) is 0 Å². The van der Waals surface area contributed by atoms with E-state index in [0.717, 1.165) is 30.8 Å². The number of aromatic amines is 2. The molecule has 0 aliphatic rings. The van der Waals surface area contributed by atoms with Gasteiger partial charge in [-0.1, -0.05) is 0 Å². The molecule has 5 heteroatoms. The number of methoxy groups -OCH3 is 1. The highest BCUT2D eigenvalue weighted by molar-refractivity contribution is 6.22. The standard InChI is InChI=1S/C22H26N4O/c1-14-16-8-10-23-13-18(16)22(24-9-5-11-26(2)3)20-17-12-15(27-4)6-7-19(17)25-21(14)20/h6-8,10,12-13,24-25H,5,9,11H2,1-4H3/p+1. The molecule has 4 aromatic rings. The number of H-pyrrole nitrogens is 2. The smallest absolute Gasteiger partial charge is 0.177 e. The van der Waals surface area contributed by atoms with Crippen molar-refractivity contribution >= 4 is 38.3 Å². The lowest BCUT2D eigenvalue weighted by Gasteiger charge is -2.14. The van der Waals surface area contributed by atoms with Crippen molar-refractivity contribution < 1.29 is 9.72 Å². The summed E-state index contributed by atoms with van der Waals surface area (Å²) < 4.78 is 5.48. The molecule has 0 amide bonds. The van der Waals surface area contributed by atoms with Crippen molar-refractivity contribution in [3.63, 3.8) is 0 Å². The summed E-state index contributed by atoms with van der Waals surface area (Å²) in [5, 5.41) is 8.62. The Labute approximate surface area is 159 Å². The van der Waals surface area contributed by atoms with E-state index in [1.165, 1.54) is 38.3 Å². The molecule has 0 radical (unpaired) electrons. The molecule has 3 N–H and O–H groups in total. The number of ether oxygens (including phenoxy) is 1. The van der Waals surface area contributed by atoms with Crippen LogP contribution in [0.3, 0.4) is 0 Å². The Morgan fingerprint density at radius 3 is 2.78 bits per heavy atom. The van der Waals surface area contributed by atoms with E-state index in [1.54, 1.807) is 7.11 Å². The summed E-state index contributed by atoms with van der Waals surface area (Å²) in [7, 11) is 5.94. The monoisotopic (exact) mass is 363 g/mol. The summed E-state index contributed by atoms with van der Waals surface area (Å²) in [6.07, 6.45) is 5.17. The van der Waals surface area contributed by atoms with E-state index < -0.39 is 0 Å². The van der Waals surface area contributed by atoms with Gasteiger partial charge in [0.1, 0.15) is 5.75 Å². The van der Waals surface area contributed by atoms with Crippen LogP contribution in [-0.2, 0) is 0 Å². The number of hydrogen-bond acceptors (Lipinski definition) is 3. The number of anilines is 1. The van der Waals surface area contributed by atoms with E-state index in [1.807, 2.05) is 12.3 Å². The summed E-state index contributed by atoms with van der Waals surface area (Å²) in [6.45, 7) is 4.18. The Balaban J connectivity index is 1.95. The average molecular weight is 363 g/mol. The molecule has 0 saturated carbocycles. The predicted octanol–water partition coefficient (Wildman–Crippen LogP) is 3.97. The van der Waals surface area contributed by atoms with Crippen LogP contribution in [0.1, 0.15) is 12.0 Å². The van der Waals surface area contributed by atoms with Crippen LogP contribution in [0.15, 0.2) is 36.7 Å². The van der Waals surface area contributed by atoms with Crippen LogP contribution in [0, 0.1) is 6.92 Å². The van der Waals surface area contributed by atoms with E-state index >= 15 is 0 Å². The third kappa shape index (κ3) is 3.08. The normalized spacial score (nSPS) is 11.7. The van der Waals surface area contributed by atoms with Crippen LogP contribution in [0.5, 0.6) is 5.75 Å². The number of aryl methyl sites for hydroxylation is 1. The number of nitrogens with zero attached hydrogens (tertiary/aromatic N) is 1. The highest BCUT2D eigenvalue weighted by Crippen LogP contribution is 2.40. The third-order valence-electron chi connectivity index (χ3n) is 5.25. The SMILES string of the molecule is COc1ccc2[nH]c3c(C)c4cc[nH+]cc4c(NCCCN(C)C)c3c2c1. The van der Waals surface area contributed by atoms with Crippen molar-refractivity contribution in [3.8, 4) is 5.75 Å². The van der Waals surface area contributed by atoms with Gasteiger partial charge in [0.25, 0.3) is 0 Å². The second-order valence-electron chi connectivity index (χ2n) is 7.34. The molecular weight excluding hydrogens is 336 g/mol. The minimum Gasteiger partial charge on any atom is -0.497 e. The molecule has 4 rings (SSSR count). The van der Waals surface area contributed by atoms with Crippen LogP contribution >= 0.6 is 0 Å². The fourth-order valence-electron chi connectivity index (χ4n) is 3.86. The van der Waals surface area contributed by atoms with Gasteiger partial charge in [-0.05, 0) is 57.7 Å². The number of nitrogens with one attached hydrogen (secondary N) is 3. The molecule has 0 saturated heterocycles. The third-order valence-corrected chi connectivity index (χ3v) is 5.25. The minimum atomic E-state index is 0.874. The summed E-state index contributed by atoms with van der Waals surface area (Å²) >= 11 is 0. The van der Waals surface area contributed by atoms with Crippen molar-refractivity contribution in [2.45, 2.75) is 13.3 Å². The molecule has 0 bridgehead atoms. The first-order valence-electron chi connectivity index (χ1n) is 9.40. The van der Waals surface area contributed by atoms with Crippen LogP contribution in [0.4, 0.5) is 5.69 Å². The molecule has 27 heavy (non-hydrogen) atoms. The van der Waals surface area contributed by atoms with E-state index in [4.69, 9.17) is 4.74 Å². The Bertz CT molecular complexity index is 1110. The molecule has 2 heterocycles. The molecule has 2 aromatic heterocycles. The van der Waals surface area contributed by atoms with Gasteiger partial charge in [0.05, 0.1) is 23.7 Å². The molecule has 2 aromatic carbocycles. The number of pyridine rings is 1. The Kier molecular flexibility index (Phi) is 4.62. The maximum Gasteiger partial charge on any atom is 0.177 e. The maximum absolute atomic E-state index is 5.48. The molecular formula is C22H27N4O+. The highest BCUT2D eigenvalue weighted by Gasteiger charge is 2.18. The first-order chi connectivity index (χ1) is 13.1. The lowest BCUT2D eigenvalue weighted by Crippen LogP contribution is -2.16. The molecule has 0 aliphatic heterocycles. The van der Waals surface area contributed by atoms with E-state index in [0.29, 0.717) is 0 Å². The molecule has 0 aliphatic carbocycles. The first kappa shape index (κ1) is 17.6. The summed E-state index contributed by atoms with van der Waals surface area (Å²) in [5.74, 6) is 0.874. The zero-order valence-corrected chi connectivity index (χ0v) is 16.4. The Morgan fingerprint density at radius 1 is 1.15 bits per heavy atom. The largest absolute Gasteiger partial charge is 0.497 e. The number of benzene rings is 2. The van der Waals surface area contributed by atoms with Crippen LogP contribution < -0.4 is 15.0 Å². The quantitative estimate of drug-likeness (QED) is 0.510. The lowest BCUT2D eigenvalue weighted by molar-refractivity contribution is -0.375. The summed E-state index contributed by atoms with van der Waals surface area (Å²) in [5.41, 5.74) is 4.76.